The Labute approximate surface area is 180 Å². The van der Waals surface area contributed by atoms with Crippen molar-refractivity contribution in [2.45, 2.75) is 25.5 Å². The van der Waals surface area contributed by atoms with Crippen LogP contribution in [0, 0.1) is 0 Å². The van der Waals surface area contributed by atoms with E-state index >= 15 is 0 Å². The molecule has 3 N–H and O–H groups in total. The van der Waals surface area contributed by atoms with E-state index in [1.54, 1.807) is 53.4 Å². The van der Waals surface area contributed by atoms with Crippen molar-refractivity contribution in [2.24, 2.45) is 0 Å². The molecule has 1 fully saturated rings. The minimum Gasteiger partial charge on any atom is -0.376 e. The Bertz CT molecular complexity index is 922. The molecule has 31 heavy (non-hydrogen) atoms. The van der Waals surface area contributed by atoms with Gasteiger partial charge in [-0.15, -0.1) is 0 Å². The topological polar surface area (TPSA) is 108 Å². The maximum atomic E-state index is 12.9. The van der Waals surface area contributed by atoms with Gasteiger partial charge in [-0.25, -0.2) is 10.3 Å². The fourth-order valence-electron chi connectivity index (χ4n) is 3.26. The number of nitrogens with zero attached hydrogens (tertiary/aromatic N) is 1. The van der Waals surface area contributed by atoms with E-state index in [2.05, 4.69) is 5.32 Å². The van der Waals surface area contributed by atoms with E-state index < -0.39 is 17.8 Å². The van der Waals surface area contributed by atoms with Crippen LogP contribution in [0.1, 0.15) is 34.3 Å². The zero-order valence-corrected chi connectivity index (χ0v) is 17.0. The van der Waals surface area contributed by atoms with Crippen LogP contribution in [-0.4, -0.2) is 47.2 Å². The Balaban J connectivity index is 1.68. The predicted octanol–water partition coefficient (Wildman–Crippen LogP) is 2.74. The Morgan fingerprint density at radius 3 is 2.48 bits per heavy atom. The fraction of sp³-hybridized carbons (Fsp3) is 0.261. The van der Waals surface area contributed by atoms with Gasteiger partial charge in [0.2, 0.25) is 0 Å². The normalized spacial score (nSPS) is 15.6. The number of carbonyl (C=O) groups excluding carboxylic acids is 3. The van der Waals surface area contributed by atoms with Gasteiger partial charge >= 0.3 is 6.03 Å². The molecule has 1 heterocycles. The van der Waals surface area contributed by atoms with Crippen molar-refractivity contribution in [1.29, 1.82) is 0 Å². The third-order valence-corrected chi connectivity index (χ3v) is 4.88. The molecule has 162 valence electrons. The van der Waals surface area contributed by atoms with Gasteiger partial charge in [-0.05, 0) is 42.2 Å². The van der Waals surface area contributed by atoms with E-state index in [9.17, 15) is 14.4 Å². The van der Waals surface area contributed by atoms with Gasteiger partial charge in [0.05, 0.1) is 6.10 Å². The second-order valence-electron chi connectivity index (χ2n) is 7.19. The lowest BCUT2D eigenvalue weighted by atomic mass is 10.1. The lowest BCUT2D eigenvalue weighted by Crippen LogP contribution is -2.45. The largest absolute Gasteiger partial charge is 0.376 e. The Kier molecular flexibility index (Phi) is 7.91. The summed E-state index contributed by atoms with van der Waals surface area (Å²) in [7, 11) is 0. The molecule has 3 rings (SSSR count). The number of hydrogen-bond donors (Lipinski definition) is 3. The fourth-order valence-corrected chi connectivity index (χ4v) is 3.26. The van der Waals surface area contributed by atoms with Crippen LogP contribution in [0.3, 0.4) is 0 Å². The highest BCUT2D eigenvalue weighted by molar-refractivity contribution is 6.04. The van der Waals surface area contributed by atoms with Crippen molar-refractivity contribution >= 4 is 23.9 Å². The Morgan fingerprint density at radius 1 is 1.10 bits per heavy atom. The average Bonchev–Trinajstić information content (AvgIpc) is 3.31. The van der Waals surface area contributed by atoms with E-state index in [0.717, 1.165) is 24.0 Å². The molecular weight excluding hydrogens is 398 g/mol. The van der Waals surface area contributed by atoms with Crippen LogP contribution < -0.4 is 10.8 Å². The number of urea groups is 1. The van der Waals surface area contributed by atoms with Crippen molar-refractivity contribution in [3.8, 4) is 0 Å². The zero-order chi connectivity index (χ0) is 22.1. The summed E-state index contributed by atoms with van der Waals surface area (Å²) in [5, 5.41) is 11.0. The van der Waals surface area contributed by atoms with Gasteiger partial charge in [-0.1, -0.05) is 42.5 Å². The number of hydroxylamine groups is 1. The summed E-state index contributed by atoms with van der Waals surface area (Å²) in [6.45, 7) is 1.35. The van der Waals surface area contributed by atoms with Crippen molar-refractivity contribution in [1.82, 2.24) is 15.7 Å². The number of imide groups is 1. The van der Waals surface area contributed by atoms with Crippen molar-refractivity contribution < 1.29 is 24.3 Å². The number of hydrogen-bond acceptors (Lipinski definition) is 5. The molecule has 0 radical (unpaired) electrons. The smallest absolute Gasteiger partial charge is 0.324 e. The summed E-state index contributed by atoms with van der Waals surface area (Å²) in [5.74, 6) is -1.07. The van der Waals surface area contributed by atoms with E-state index in [1.807, 2.05) is 12.1 Å². The van der Waals surface area contributed by atoms with Gasteiger partial charge in [0, 0.05) is 31.3 Å². The van der Waals surface area contributed by atoms with Crippen LogP contribution in [-0.2, 0) is 16.1 Å². The first-order chi connectivity index (χ1) is 15.0. The summed E-state index contributed by atoms with van der Waals surface area (Å²) in [6.07, 6.45) is 4.53. The molecule has 0 aromatic heterocycles. The molecule has 0 saturated carbocycles. The Morgan fingerprint density at radius 2 is 1.84 bits per heavy atom. The first kappa shape index (κ1) is 22.2. The molecule has 8 nitrogen and oxygen atoms in total. The second kappa shape index (κ2) is 11.1. The van der Waals surface area contributed by atoms with Crippen LogP contribution in [0.4, 0.5) is 4.79 Å². The second-order valence-corrected chi connectivity index (χ2v) is 7.19. The maximum Gasteiger partial charge on any atom is 0.324 e. The van der Waals surface area contributed by atoms with Gasteiger partial charge in [0.1, 0.15) is 0 Å². The number of nitrogens with one attached hydrogen (secondary N) is 2. The average molecular weight is 423 g/mol. The third kappa shape index (κ3) is 6.77. The van der Waals surface area contributed by atoms with Gasteiger partial charge in [-0.2, -0.15) is 0 Å². The van der Waals surface area contributed by atoms with Gasteiger partial charge in [-0.3, -0.25) is 20.1 Å². The summed E-state index contributed by atoms with van der Waals surface area (Å²) in [4.78, 5) is 37.9. The molecule has 1 saturated heterocycles. The van der Waals surface area contributed by atoms with Gasteiger partial charge in [0.25, 0.3) is 11.8 Å². The summed E-state index contributed by atoms with van der Waals surface area (Å²) in [6, 6.07) is 15.4. The molecule has 2 aromatic rings. The molecule has 0 spiro atoms. The minimum absolute atomic E-state index is 0.0585. The van der Waals surface area contributed by atoms with Crippen molar-refractivity contribution in [3.63, 3.8) is 0 Å². The van der Waals surface area contributed by atoms with Crippen molar-refractivity contribution in [3.05, 3.63) is 77.4 Å². The molecule has 8 heteroatoms. The van der Waals surface area contributed by atoms with E-state index in [-0.39, 0.29) is 6.10 Å². The monoisotopic (exact) mass is 423 g/mol. The molecule has 1 unspecified atom stereocenters. The number of rotatable bonds is 7. The van der Waals surface area contributed by atoms with Crippen LogP contribution in [0.2, 0.25) is 0 Å². The molecule has 0 aliphatic carbocycles. The molecule has 4 amide bonds. The molecule has 1 aliphatic rings. The van der Waals surface area contributed by atoms with Gasteiger partial charge < -0.3 is 9.64 Å². The summed E-state index contributed by atoms with van der Waals surface area (Å²) >= 11 is 0. The number of ether oxygens (including phenoxy) is 1. The van der Waals surface area contributed by atoms with Crippen LogP contribution in [0.25, 0.3) is 6.08 Å². The highest BCUT2D eigenvalue weighted by Gasteiger charge is 2.24. The van der Waals surface area contributed by atoms with E-state index in [0.29, 0.717) is 25.3 Å². The van der Waals surface area contributed by atoms with Crippen LogP contribution >= 0.6 is 0 Å². The molecule has 2 aromatic carbocycles. The highest BCUT2D eigenvalue weighted by Crippen LogP contribution is 2.16. The Hall–Kier alpha value is -3.49. The van der Waals surface area contributed by atoms with Crippen LogP contribution in [0.15, 0.2) is 60.7 Å². The minimum atomic E-state index is -0.619. The van der Waals surface area contributed by atoms with E-state index in [4.69, 9.17) is 9.94 Å². The quantitative estimate of drug-likeness (QED) is 0.361. The first-order valence-corrected chi connectivity index (χ1v) is 10.0. The first-order valence-electron chi connectivity index (χ1n) is 10.0. The molecule has 0 bridgehead atoms. The summed E-state index contributed by atoms with van der Waals surface area (Å²) in [5.41, 5.74) is 3.57. The van der Waals surface area contributed by atoms with Crippen LogP contribution in [0.5, 0.6) is 0 Å². The number of benzene rings is 2. The zero-order valence-electron chi connectivity index (χ0n) is 17.0. The lowest BCUT2D eigenvalue weighted by Gasteiger charge is -2.25. The lowest BCUT2D eigenvalue weighted by molar-refractivity contribution is -0.124. The number of carbonyl (C=O) groups is 3. The number of amides is 4. The van der Waals surface area contributed by atoms with Gasteiger partial charge in [0.15, 0.2) is 0 Å². The SMILES string of the molecule is O=C(C=Cc1ccc(CN(CC2CCCO2)C(=O)NC(=O)c2ccccc2)cc1)NO. The van der Waals surface area contributed by atoms with Crippen molar-refractivity contribution in [2.75, 3.05) is 13.2 Å². The molecule has 1 atom stereocenters. The standard InChI is InChI=1S/C23H25N3O5/c27-21(25-30)13-12-17-8-10-18(11-9-17)15-26(16-20-7-4-14-31-20)23(29)24-22(28)19-5-2-1-3-6-19/h1-3,5-6,8-13,20,30H,4,7,14-16H2,(H,25,27)(H,24,28,29). The predicted molar refractivity (Wildman–Crippen MR) is 114 cm³/mol. The highest BCUT2D eigenvalue weighted by atomic mass is 16.5. The summed E-state index contributed by atoms with van der Waals surface area (Å²) < 4.78 is 5.67. The molecular formula is C23H25N3O5. The third-order valence-electron chi connectivity index (χ3n) is 4.88. The maximum absolute atomic E-state index is 12.9. The molecule has 1 aliphatic heterocycles. The van der Waals surface area contributed by atoms with E-state index in [1.165, 1.54) is 11.6 Å².